The largest absolute Gasteiger partial charge is 0.352 e. The fourth-order valence-corrected chi connectivity index (χ4v) is 2.66. The Kier molecular flexibility index (Phi) is 5.45. The summed E-state index contributed by atoms with van der Waals surface area (Å²) < 4.78 is 0. The fraction of sp³-hybridized carbons (Fsp3) is 0.294. The van der Waals surface area contributed by atoms with Crippen LogP contribution in [0.5, 0.6) is 0 Å². The highest BCUT2D eigenvalue weighted by molar-refractivity contribution is 6.30. The molecule has 0 bridgehead atoms. The Labute approximate surface area is 150 Å². The Morgan fingerprint density at radius 2 is 1.84 bits per heavy atom. The highest BCUT2D eigenvalue weighted by atomic mass is 35.5. The van der Waals surface area contributed by atoms with E-state index in [9.17, 15) is 9.59 Å². The normalized spacial score (nSPS) is 14.3. The monoisotopic (exact) mass is 359 g/mol. The molecule has 1 aliphatic heterocycles. The highest BCUT2D eigenvalue weighted by Crippen LogP contribution is 2.12. The zero-order valence-corrected chi connectivity index (χ0v) is 14.3. The van der Waals surface area contributed by atoms with Gasteiger partial charge in [0.05, 0.1) is 12.4 Å². The van der Waals surface area contributed by atoms with Gasteiger partial charge in [-0.15, -0.1) is 0 Å². The average molecular weight is 360 g/mol. The van der Waals surface area contributed by atoms with Crippen molar-refractivity contribution < 1.29 is 9.59 Å². The third-order valence-electron chi connectivity index (χ3n) is 4.02. The number of rotatable bonds is 5. The molecule has 1 saturated heterocycles. The summed E-state index contributed by atoms with van der Waals surface area (Å²) in [6.45, 7) is 3.13. The number of aromatic nitrogens is 2. The molecule has 0 saturated carbocycles. The SMILES string of the molecule is O=CN1CCN(c2cnc(C(=O)NCc3ccc(Cl)cc3)cn2)CC1. The molecule has 2 aromatic rings. The van der Waals surface area contributed by atoms with Crippen LogP contribution >= 0.6 is 11.6 Å². The molecule has 130 valence electrons. The van der Waals surface area contributed by atoms with Gasteiger partial charge < -0.3 is 15.1 Å². The van der Waals surface area contributed by atoms with Crippen LogP contribution in [0.3, 0.4) is 0 Å². The van der Waals surface area contributed by atoms with Crippen LogP contribution in [0.1, 0.15) is 16.1 Å². The van der Waals surface area contributed by atoms with Crippen LogP contribution in [0.25, 0.3) is 0 Å². The minimum absolute atomic E-state index is 0.268. The summed E-state index contributed by atoms with van der Waals surface area (Å²) in [6.07, 6.45) is 3.92. The average Bonchev–Trinajstić information content (AvgIpc) is 2.67. The van der Waals surface area contributed by atoms with Gasteiger partial charge in [-0.05, 0) is 17.7 Å². The van der Waals surface area contributed by atoms with Gasteiger partial charge in [0.2, 0.25) is 6.41 Å². The van der Waals surface area contributed by atoms with E-state index < -0.39 is 0 Å². The molecule has 25 heavy (non-hydrogen) atoms. The van der Waals surface area contributed by atoms with Crippen molar-refractivity contribution in [1.82, 2.24) is 20.2 Å². The number of anilines is 1. The molecule has 0 spiro atoms. The van der Waals surface area contributed by atoms with Gasteiger partial charge in [0.25, 0.3) is 5.91 Å². The van der Waals surface area contributed by atoms with Crippen molar-refractivity contribution in [1.29, 1.82) is 0 Å². The maximum atomic E-state index is 12.2. The molecule has 0 aliphatic carbocycles. The molecule has 3 rings (SSSR count). The van der Waals surface area contributed by atoms with E-state index in [4.69, 9.17) is 11.6 Å². The Morgan fingerprint density at radius 1 is 1.12 bits per heavy atom. The quantitative estimate of drug-likeness (QED) is 0.815. The molecule has 7 nitrogen and oxygen atoms in total. The molecule has 1 fully saturated rings. The van der Waals surface area contributed by atoms with Crippen molar-refractivity contribution in [2.45, 2.75) is 6.54 Å². The lowest BCUT2D eigenvalue weighted by Crippen LogP contribution is -2.46. The minimum atomic E-state index is -0.278. The van der Waals surface area contributed by atoms with Crippen LogP contribution in [0.2, 0.25) is 5.02 Å². The number of carbonyl (C=O) groups is 2. The van der Waals surface area contributed by atoms with Gasteiger partial charge in [-0.2, -0.15) is 0 Å². The van der Waals surface area contributed by atoms with E-state index in [1.807, 2.05) is 17.0 Å². The topological polar surface area (TPSA) is 78.4 Å². The lowest BCUT2D eigenvalue weighted by Gasteiger charge is -2.33. The van der Waals surface area contributed by atoms with Crippen molar-refractivity contribution in [2.24, 2.45) is 0 Å². The van der Waals surface area contributed by atoms with Crippen molar-refractivity contribution >= 4 is 29.7 Å². The third kappa shape index (κ3) is 4.45. The summed E-state index contributed by atoms with van der Waals surface area (Å²) in [6, 6.07) is 7.27. The first-order valence-electron chi connectivity index (χ1n) is 7.94. The maximum Gasteiger partial charge on any atom is 0.271 e. The Morgan fingerprint density at radius 3 is 2.44 bits per heavy atom. The molecule has 8 heteroatoms. The van der Waals surface area contributed by atoms with Crippen LogP contribution in [0.15, 0.2) is 36.7 Å². The molecule has 2 amide bonds. The first-order valence-corrected chi connectivity index (χ1v) is 8.32. The van der Waals surface area contributed by atoms with Crippen LogP contribution in [0, 0.1) is 0 Å². The second-order valence-corrected chi connectivity index (χ2v) is 6.13. The molecule has 0 atom stereocenters. The van der Waals surface area contributed by atoms with Gasteiger partial charge in [0.1, 0.15) is 11.5 Å². The third-order valence-corrected chi connectivity index (χ3v) is 4.28. The summed E-state index contributed by atoms with van der Waals surface area (Å²) in [7, 11) is 0. The fourth-order valence-electron chi connectivity index (χ4n) is 2.53. The molecular weight excluding hydrogens is 342 g/mol. The first-order chi connectivity index (χ1) is 12.2. The van der Waals surface area contributed by atoms with Crippen molar-refractivity contribution in [3.05, 3.63) is 52.9 Å². The van der Waals surface area contributed by atoms with E-state index in [0.29, 0.717) is 43.6 Å². The number of hydrogen-bond donors (Lipinski definition) is 1. The van der Waals surface area contributed by atoms with E-state index in [1.165, 1.54) is 6.20 Å². The number of halogens is 1. The Bertz CT molecular complexity index is 728. The van der Waals surface area contributed by atoms with Gasteiger partial charge in [0, 0.05) is 37.7 Å². The van der Waals surface area contributed by atoms with Gasteiger partial charge in [-0.3, -0.25) is 9.59 Å². The van der Waals surface area contributed by atoms with Crippen LogP contribution in [-0.2, 0) is 11.3 Å². The number of nitrogens with zero attached hydrogens (tertiary/aromatic N) is 4. The second-order valence-electron chi connectivity index (χ2n) is 5.70. The van der Waals surface area contributed by atoms with E-state index in [0.717, 1.165) is 12.0 Å². The minimum Gasteiger partial charge on any atom is -0.352 e. The molecule has 1 N–H and O–H groups in total. The molecule has 0 unspecified atom stereocenters. The first kappa shape index (κ1) is 17.2. The highest BCUT2D eigenvalue weighted by Gasteiger charge is 2.17. The van der Waals surface area contributed by atoms with E-state index in [2.05, 4.69) is 15.3 Å². The van der Waals surface area contributed by atoms with Gasteiger partial charge in [0.15, 0.2) is 0 Å². The number of benzene rings is 1. The number of carbonyl (C=O) groups excluding carboxylic acids is 2. The molecule has 0 radical (unpaired) electrons. The lowest BCUT2D eigenvalue weighted by molar-refractivity contribution is -0.118. The van der Waals surface area contributed by atoms with Gasteiger partial charge in [-0.1, -0.05) is 23.7 Å². The molecule has 1 aliphatic rings. The Hall–Kier alpha value is -2.67. The van der Waals surface area contributed by atoms with E-state index in [1.54, 1.807) is 23.2 Å². The summed E-state index contributed by atoms with van der Waals surface area (Å²) in [5, 5.41) is 3.46. The van der Waals surface area contributed by atoms with E-state index in [-0.39, 0.29) is 11.6 Å². The lowest BCUT2D eigenvalue weighted by atomic mass is 10.2. The number of piperazine rings is 1. The second kappa shape index (κ2) is 7.94. The summed E-state index contributed by atoms with van der Waals surface area (Å²) >= 11 is 5.84. The predicted molar refractivity (Wildman–Crippen MR) is 94.5 cm³/mol. The summed E-state index contributed by atoms with van der Waals surface area (Å²) in [5.74, 6) is 0.430. The van der Waals surface area contributed by atoms with Gasteiger partial charge >= 0.3 is 0 Å². The maximum absolute atomic E-state index is 12.2. The molecular formula is C17H18ClN5O2. The van der Waals surface area contributed by atoms with Gasteiger partial charge in [-0.25, -0.2) is 9.97 Å². The zero-order valence-electron chi connectivity index (χ0n) is 13.6. The van der Waals surface area contributed by atoms with Crippen LogP contribution < -0.4 is 10.2 Å². The number of hydrogen-bond acceptors (Lipinski definition) is 5. The smallest absolute Gasteiger partial charge is 0.271 e. The molecule has 1 aromatic heterocycles. The number of amides is 2. The summed E-state index contributed by atoms with van der Waals surface area (Å²) in [4.78, 5) is 35.2. The van der Waals surface area contributed by atoms with E-state index >= 15 is 0 Å². The Balaban J connectivity index is 1.55. The summed E-state index contributed by atoms with van der Waals surface area (Å²) in [5.41, 5.74) is 1.22. The van der Waals surface area contributed by atoms with Crippen LogP contribution in [-0.4, -0.2) is 53.4 Å². The standard InChI is InChI=1S/C17H18ClN5O2/c18-14-3-1-13(2-4-14)9-21-17(25)15-10-20-16(11-19-15)23-7-5-22(12-24)6-8-23/h1-4,10-12H,5-9H2,(H,21,25). The molecule has 2 heterocycles. The predicted octanol–water partition coefficient (Wildman–Crippen LogP) is 1.34. The molecule has 1 aromatic carbocycles. The number of nitrogens with one attached hydrogen (secondary N) is 1. The van der Waals surface area contributed by atoms with Crippen molar-refractivity contribution in [3.8, 4) is 0 Å². The van der Waals surface area contributed by atoms with Crippen LogP contribution in [0.4, 0.5) is 5.82 Å². The zero-order chi connectivity index (χ0) is 17.6. The van der Waals surface area contributed by atoms with Crippen molar-refractivity contribution in [2.75, 3.05) is 31.1 Å². The van der Waals surface area contributed by atoms with Crippen molar-refractivity contribution in [3.63, 3.8) is 0 Å².